The third kappa shape index (κ3) is 1.91. The lowest BCUT2D eigenvalue weighted by Crippen LogP contribution is -2.30. The van der Waals surface area contributed by atoms with Crippen molar-refractivity contribution < 1.29 is 14.3 Å². The molecule has 1 heterocycles. The monoisotopic (exact) mass is 251 g/mol. The summed E-state index contributed by atoms with van der Waals surface area (Å²) in [5, 5.41) is 0.293. The second-order valence-electron chi connectivity index (χ2n) is 3.62. The van der Waals surface area contributed by atoms with Crippen LogP contribution in [0.15, 0.2) is 29.8 Å². The summed E-state index contributed by atoms with van der Waals surface area (Å²) in [5.41, 5.74) is 0.884. The summed E-state index contributed by atoms with van der Waals surface area (Å²) < 4.78 is 5.06. The molecule has 0 aliphatic carbocycles. The van der Waals surface area contributed by atoms with Gasteiger partial charge in [-0.2, -0.15) is 0 Å². The minimum Gasteiger partial charge on any atom is -0.497 e. The van der Waals surface area contributed by atoms with Crippen molar-refractivity contribution in [2.45, 2.75) is 0 Å². The fourth-order valence-corrected chi connectivity index (χ4v) is 1.85. The Morgan fingerprint density at radius 2 is 2.18 bits per heavy atom. The first kappa shape index (κ1) is 11.7. The third-order valence-electron chi connectivity index (χ3n) is 2.51. The van der Waals surface area contributed by atoms with Crippen molar-refractivity contribution in [3.63, 3.8) is 0 Å². The molecular weight excluding hydrogens is 242 g/mol. The molecule has 0 fully saturated rings. The van der Waals surface area contributed by atoms with Gasteiger partial charge in [-0.15, -0.1) is 0 Å². The molecule has 2 rings (SSSR count). The molecular formula is C12H10ClNO3. The predicted octanol–water partition coefficient (Wildman–Crippen LogP) is 1.98. The van der Waals surface area contributed by atoms with Gasteiger partial charge in [0.15, 0.2) is 0 Å². The molecule has 4 nitrogen and oxygen atoms in total. The quantitative estimate of drug-likeness (QED) is 0.772. The lowest BCUT2D eigenvalue weighted by molar-refractivity contribution is -0.114. The number of ether oxygens (including phenoxy) is 1. The molecule has 1 aromatic carbocycles. The Kier molecular flexibility index (Phi) is 2.90. The van der Waals surface area contributed by atoms with E-state index in [2.05, 4.69) is 6.58 Å². The zero-order valence-electron chi connectivity index (χ0n) is 9.20. The van der Waals surface area contributed by atoms with Gasteiger partial charge in [0.25, 0.3) is 11.7 Å². The first-order chi connectivity index (χ1) is 8.04. The number of methoxy groups -OCH3 is 1. The molecule has 5 heteroatoms. The summed E-state index contributed by atoms with van der Waals surface area (Å²) in [6.07, 6.45) is 0. The fraction of sp³-hybridized carbons (Fsp3) is 0.167. The van der Waals surface area contributed by atoms with Gasteiger partial charge in [0, 0.05) is 11.1 Å². The molecule has 0 spiro atoms. The van der Waals surface area contributed by atoms with E-state index in [1.54, 1.807) is 18.2 Å². The van der Waals surface area contributed by atoms with Crippen molar-refractivity contribution in [3.05, 3.63) is 35.4 Å². The normalized spacial score (nSPS) is 13.9. The van der Waals surface area contributed by atoms with Crippen LogP contribution in [0.2, 0.25) is 0 Å². The summed E-state index contributed by atoms with van der Waals surface area (Å²) in [4.78, 5) is 24.7. The molecule has 0 aromatic heterocycles. The maximum Gasteiger partial charge on any atom is 0.299 e. The van der Waals surface area contributed by atoms with Crippen LogP contribution in [0.25, 0.3) is 0 Å². The third-order valence-corrected chi connectivity index (χ3v) is 2.63. The highest BCUT2D eigenvalue weighted by Gasteiger charge is 2.35. The molecule has 1 aliphatic rings. The van der Waals surface area contributed by atoms with E-state index < -0.39 is 11.7 Å². The number of hydrogen-bond donors (Lipinski definition) is 0. The molecule has 0 unspecified atom stereocenters. The Labute approximate surface area is 103 Å². The summed E-state index contributed by atoms with van der Waals surface area (Å²) in [6.45, 7) is 3.64. The fourth-order valence-electron chi connectivity index (χ4n) is 1.73. The highest BCUT2D eigenvalue weighted by atomic mass is 35.5. The van der Waals surface area contributed by atoms with Gasteiger partial charge < -0.3 is 4.74 Å². The van der Waals surface area contributed by atoms with Crippen molar-refractivity contribution in [1.82, 2.24) is 0 Å². The van der Waals surface area contributed by atoms with E-state index in [-0.39, 0.29) is 6.54 Å². The topological polar surface area (TPSA) is 46.6 Å². The van der Waals surface area contributed by atoms with Crippen LogP contribution in [0.5, 0.6) is 5.75 Å². The molecule has 1 aromatic rings. The second-order valence-corrected chi connectivity index (χ2v) is 4.16. The van der Waals surface area contributed by atoms with Gasteiger partial charge in [0.1, 0.15) is 5.75 Å². The number of halogens is 1. The number of benzene rings is 1. The van der Waals surface area contributed by atoms with Gasteiger partial charge >= 0.3 is 0 Å². The summed E-state index contributed by atoms with van der Waals surface area (Å²) in [5.74, 6) is -0.535. The SMILES string of the molecule is C=C(Cl)CN1C(=O)C(=O)c2ccc(OC)cc21. The molecule has 0 saturated carbocycles. The average Bonchev–Trinajstić information content (AvgIpc) is 2.53. The molecule has 0 N–H and O–H groups in total. The van der Waals surface area contributed by atoms with Crippen molar-refractivity contribution >= 4 is 29.0 Å². The van der Waals surface area contributed by atoms with Gasteiger partial charge in [-0.25, -0.2) is 0 Å². The van der Waals surface area contributed by atoms with Gasteiger partial charge in [-0.3, -0.25) is 14.5 Å². The van der Waals surface area contributed by atoms with Crippen LogP contribution in [-0.2, 0) is 4.79 Å². The van der Waals surface area contributed by atoms with Crippen molar-refractivity contribution in [1.29, 1.82) is 0 Å². The highest BCUT2D eigenvalue weighted by molar-refractivity contribution is 6.52. The minimum absolute atomic E-state index is 0.117. The lowest BCUT2D eigenvalue weighted by Gasteiger charge is -2.15. The average molecular weight is 252 g/mol. The number of ketones is 1. The van der Waals surface area contributed by atoms with E-state index >= 15 is 0 Å². The van der Waals surface area contributed by atoms with Crippen molar-refractivity contribution in [3.8, 4) is 5.75 Å². The Balaban J connectivity index is 2.49. The molecule has 1 aliphatic heterocycles. The maximum atomic E-state index is 11.7. The van der Waals surface area contributed by atoms with Gasteiger partial charge in [0.2, 0.25) is 0 Å². The largest absolute Gasteiger partial charge is 0.497 e. The van der Waals surface area contributed by atoms with Crippen LogP contribution < -0.4 is 9.64 Å². The van der Waals surface area contributed by atoms with Crippen molar-refractivity contribution in [2.24, 2.45) is 0 Å². The lowest BCUT2D eigenvalue weighted by atomic mass is 10.1. The molecule has 17 heavy (non-hydrogen) atoms. The number of nitrogens with zero attached hydrogens (tertiary/aromatic N) is 1. The Morgan fingerprint density at radius 1 is 1.47 bits per heavy atom. The zero-order valence-corrected chi connectivity index (χ0v) is 9.95. The van der Waals surface area contributed by atoms with Crippen LogP contribution in [0.4, 0.5) is 5.69 Å². The number of hydrogen-bond acceptors (Lipinski definition) is 3. The van der Waals surface area contributed by atoms with E-state index in [4.69, 9.17) is 16.3 Å². The highest BCUT2D eigenvalue weighted by Crippen LogP contribution is 2.32. The van der Waals surface area contributed by atoms with Gasteiger partial charge in [-0.05, 0) is 12.1 Å². The van der Waals surface area contributed by atoms with Crippen LogP contribution in [0.3, 0.4) is 0 Å². The summed E-state index contributed by atoms with van der Waals surface area (Å²) in [6, 6.07) is 4.85. The first-order valence-corrected chi connectivity index (χ1v) is 5.30. The van der Waals surface area contributed by atoms with E-state index in [1.807, 2.05) is 0 Å². The number of anilines is 1. The Morgan fingerprint density at radius 3 is 2.76 bits per heavy atom. The van der Waals surface area contributed by atoms with E-state index in [1.165, 1.54) is 12.0 Å². The summed E-state index contributed by atoms with van der Waals surface area (Å²) in [7, 11) is 1.52. The van der Waals surface area contributed by atoms with Gasteiger partial charge in [0.05, 0.1) is 24.9 Å². The summed E-state index contributed by atoms with van der Waals surface area (Å²) >= 11 is 5.68. The first-order valence-electron chi connectivity index (χ1n) is 4.92. The van der Waals surface area contributed by atoms with Crippen LogP contribution in [0.1, 0.15) is 10.4 Å². The molecule has 1 amide bonds. The van der Waals surface area contributed by atoms with E-state index in [0.717, 1.165) is 0 Å². The number of carbonyl (C=O) groups is 2. The molecule has 0 saturated heterocycles. The molecule has 0 radical (unpaired) electrons. The number of carbonyl (C=O) groups excluding carboxylic acids is 2. The standard InChI is InChI=1S/C12H10ClNO3/c1-7(13)6-14-10-5-8(17-2)3-4-9(10)11(15)12(14)16/h3-5H,1,6H2,2H3. The van der Waals surface area contributed by atoms with Crippen LogP contribution >= 0.6 is 11.6 Å². The molecule has 88 valence electrons. The van der Waals surface area contributed by atoms with Crippen LogP contribution in [-0.4, -0.2) is 25.3 Å². The molecule has 0 atom stereocenters. The number of Topliss-reactive ketones (excluding diaryl/α,β-unsaturated/α-hetero) is 1. The minimum atomic E-state index is -0.588. The Hall–Kier alpha value is -1.81. The van der Waals surface area contributed by atoms with Gasteiger partial charge in [-0.1, -0.05) is 18.2 Å². The second kappa shape index (κ2) is 4.22. The molecule has 0 bridgehead atoms. The Bertz CT molecular complexity index is 524. The number of rotatable bonds is 3. The zero-order chi connectivity index (χ0) is 12.6. The van der Waals surface area contributed by atoms with Crippen LogP contribution in [0, 0.1) is 0 Å². The smallest absolute Gasteiger partial charge is 0.299 e. The van der Waals surface area contributed by atoms with Crippen molar-refractivity contribution in [2.75, 3.05) is 18.6 Å². The predicted molar refractivity (Wildman–Crippen MR) is 64.7 cm³/mol. The number of amides is 1. The van der Waals surface area contributed by atoms with E-state index in [9.17, 15) is 9.59 Å². The van der Waals surface area contributed by atoms with E-state index in [0.29, 0.717) is 22.0 Å². The maximum absolute atomic E-state index is 11.7. The number of fused-ring (bicyclic) bond motifs is 1.